The van der Waals surface area contributed by atoms with Crippen molar-refractivity contribution in [2.24, 2.45) is 0 Å². The Hall–Kier alpha value is -2.64. The Morgan fingerprint density at radius 3 is 2.68 bits per heavy atom. The van der Waals surface area contributed by atoms with Gasteiger partial charge >= 0.3 is 6.03 Å². The highest BCUT2D eigenvalue weighted by Gasteiger charge is 2.11. The van der Waals surface area contributed by atoms with E-state index in [0.717, 1.165) is 5.56 Å². The van der Waals surface area contributed by atoms with Crippen molar-refractivity contribution < 1.29 is 13.9 Å². The van der Waals surface area contributed by atoms with E-state index < -0.39 is 6.03 Å². The van der Waals surface area contributed by atoms with Crippen LogP contribution in [0.2, 0.25) is 5.02 Å². The van der Waals surface area contributed by atoms with Crippen LogP contribution in [0.3, 0.4) is 0 Å². The van der Waals surface area contributed by atoms with Gasteiger partial charge in [-0.2, -0.15) is 0 Å². The number of anilines is 2. The van der Waals surface area contributed by atoms with Crippen LogP contribution < -0.4 is 15.4 Å². The van der Waals surface area contributed by atoms with E-state index >= 15 is 0 Å². The van der Waals surface area contributed by atoms with E-state index in [1.54, 1.807) is 35.7 Å². The average Bonchev–Trinajstić information content (AvgIpc) is 3.04. The first-order valence-corrected chi connectivity index (χ1v) is 8.44. The average molecular weight is 378 g/mol. The molecule has 1 heterocycles. The summed E-state index contributed by atoms with van der Waals surface area (Å²) >= 11 is 7.20. The summed E-state index contributed by atoms with van der Waals surface area (Å²) in [6.07, 6.45) is 0. The van der Waals surface area contributed by atoms with Crippen molar-refractivity contribution in [2.75, 3.05) is 17.7 Å². The third-order valence-corrected chi connectivity index (χ3v) is 4.27. The van der Waals surface area contributed by atoms with Crippen LogP contribution in [-0.4, -0.2) is 18.1 Å². The largest absolute Gasteiger partial charge is 0.495 e. The Kier molecular flexibility index (Phi) is 5.16. The second-order valence-corrected chi connectivity index (χ2v) is 6.26. The van der Waals surface area contributed by atoms with Gasteiger partial charge in [-0.3, -0.25) is 5.32 Å². The summed E-state index contributed by atoms with van der Waals surface area (Å²) in [6.45, 7) is 0. The first kappa shape index (κ1) is 17.2. The van der Waals surface area contributed by atoms with Crippen LogP contribution in [0.5, 0.6) is 5.75 Å². The molecule has 0 fully saturated rings. The molecule has 3 aromatic rings. The van der Waals surface area contributed by atoms with Crippen molar-refractivity contribution in [3.8, 4) is 17.0 Å². The molecule has 0 atom stereocenters. The molecule has 3 rings (SSSR count). The number of ether oxygens (including phenoxy) is 1. The van der Waals surface area contributed by atoms with Crippen LogP contribution in [0, 0.1) is 5.82 Å². The lowest BCUT2D eigenvalue weighted by Crippen LogP contribution is -2.19. The summed E-state index contributed by atoms with van der Waals surface area (Å²) in [5, 5.41) is 7.98. The highest BCUT2D eigenvalue weighted by Crippen LogP contribution is 2.28. The lowest BCUT2D eigenvalue weighted by molar-refractivity contribution is 0.262. The third kappa shape index (κ3) is 4.26. The van der Waals surface area contributed by atoms with Gasteiger partial charge in [0.2, 0.25) is 0 Å². The molecule has 2 N–H and O–H groups in total. The molecular formula is C17H13ClFN3O2S. The van der Waals surface area contributed by atoms with E-state index in [2.05, 4.69) is 15.6 Å². The fourth-order valence-corrected chi connectivity index (χ4v) is 3.00. The molecule has 128 valence electrons. The molecule has 1 aromatic heterocycles. The van der Waals surface area contributed by atoms with Crippen LogP contribution in [-0.2, 0) is 0 Å². The lowest BCUT2D eigenvalue weighted by atomic mass is 10.2. The number of nitrogens with zero attached hydrogens (tertiary/aromatic N) is 1. The number of halogens is 2. The maximum atomic E-state index is 13.0. The van der Waals surface area contributed by atoms with Gasteiger partial charge in [0.25, 0.3) is 0 Å². The summed E-state index contributed by atoms with van der Waals surface area (Å²) in [7, 11) is 1.50. The smallest absolute Gasteiger partial charge is 0.325 e. The number of thiazole rings is 1. The van der Waals surface area contributed by atoms with Crippen molar-refractivity contribution >= 4 is 39.8 Å². The maximum Gasteiger partial charge on any atom is 0.325 e. The summed E-state index contributed by atoms with van der Waals surface area (Å²) in [4.78, 5) is 16.5. The number of carbonyl (C=O) groups excluding carboxylic acids is 1. The molecule has 0 aliphatic heterocycles. The number of carbonyl (C=O) groups is 1. The molecule has 0 radical (unpaired) electrons. The topological polar surface area (TPSA) is 63.2 Å². The SMILES string of the molecule is COc1ccc(Cl)cc1NC(=O)Nc1nc(-c2ccc(F)cc2)cs1. The minimum absolute atomic E-state index is 0.313. The number of amides is 2. The Morgan fingerprint density at radius 1 is 1.20 bits per heavy atom. The minimum atomic E-state index is -0.472. The molecular weight excluding hydrogens is 365 g/mol. The second kappa shape index (κ2) is 7.50. The highest BCUT2D eigenvalue weighted by molar-refractivity contribution is 7.14. The fraction of sp³-hybridized carbons (Fsp3) is 0.0588. The van der Waals surface area contributed by atoms with Gasteiger partial charge in [0.1, 0.15) is 11.6 Å². The summed E-state index contributed by atoms with van der Waals surface area (Å²) in [5.41, 5.74) is 1.87. The molecule has 2 aromatic carbocycles. The van der Waals surface area contributed by atoms with Crippen LogP contribution in [0.15, 0.2) is 47.8 Å². The first-order valence-electron chi connectivity index (χ1n) is 7.18. The monoisotopic (exact) mass is 377 g/mol. The number of hydrogen-bond acceptors (Lipinski definition) is 4. The number of nitrogens with one attached hydrogen (secondary N) is 2. The zero-order valence-electron chi connectivity index (χ0n) is 13.0. The Bertz CT molecular complexity index is 899. The van der Waals surface area contributed by atoms with Gasteiger partial charge in [0.05, 0.1) is 18.5 Å². The van der Waals surface area contributed by atoms with E-state index in [1.807, 2.05) is 0 Å². The number of hydrogen-bond donors (Lipinski definition) is 2. The van der Waals surface area contributed by atoms with E-state index in [-0.39, 0.29) is 5.82 Å². The zero-order chi connectivity index (χ0) is 17.8. The molecule has 0 bridgehead atoms. The Labute approximate surface area is 152 Å². The fourth-order valence-electron chi connectivity index (χ4n) is 2.11. The first-order chi connectivity index (χ1) is 12.0. The van der Waals surface area contributed by atoms with Gasteiger partial charge < -0.3 is 10.1 Å². The summed E-state index contributed by atoms with van der Waals surface area (Å²) in [5.74, 6) is 0.179. The summed E-state index contributed by atoms with van der Waals surface area (Å²) in [6, 6.07) is 10.4. The van der Waals surface area contributed by atoms with E-state index in [9.17, 15) is 9.18 Å². The molecule has 0 spiro atoms. The Balaban J connectivity index is 1.70. The zero-order valence-corrected chi connectivity index (χ0v) is 14.6. The van der Waals surface area contributed by atoms with Crippen LogP contribution in [0.1, 0.15) is 0 Å². The maximum absolute atomic E-state index is 13.0. The normalized spacial score (nSPS) is 10.4. The van der Waals surface area contributed by atoms with Gasteiger partial charge in [-0.1, -0.05) is 11.6 Å². The van der Waals surface area contributed by atoms with Crippen molar-refractivity contribution in [2.45, 2.75) is 0 Å². The number of benzene rings is 2. The predicted octanol–water partition coefficient (Wildman–Crippen LogP) is 5.26. The minimum Gasteiger partial charge on any atom is -0.495 e. The molecule has 0 saturated carbocycles. The molecule has 5 nitrogen and oxygen atoms in total. The molecule has 8 heteroatoms. The molecule has 2 amide bonds. The van der Waals surface area contributed by atoms with Crippen molar-refractivity contribution in [3.63, 3.8) is 0 Å². The number of aromatic nitrogens is 1. The Morgan fingerprint density at radius 2 is 1.96 bits per heavy atom. The molecule has 0 aliphatic rings. The predicted molar refractivity (Wildman–Crippen MR) is 98.2 cm³/mol. The van der Waals surface area contributed by atoms with Gasteiger partial charge in [-0.15, -0.1) is 11.3 Å². The van der Waals surface area contributed by atoms with E-state index in [1.165, 1.54) is 30.6 Å². The van der Waals surface area contributed by atoms with Crippen molar-refractivity contribution in [3.05, 3.63) is 58.7 Å². The highest BCUT2D eigenvalue weighted by atomic mass is 35.5. The van der Waals surface area contributed by atoms with Crippen LogP contribution in [0.25, 0.3) is 11.3 Å². The van der Waals surface area contributed by atoms with E-state index in [4.69, 9.17) is 16.3 Å². The van der Waals surface area contributed by atoms with Gasteiger partial charge in [-0.25, -0.2) is 14.2 Å². The number of urea groups is 1. The standard InChI is InChI=1S/C17H13ClFN3O2S/c1-24-15-7-4-11(18)8-13(15)20-16(23)22-17-21-14(9-25-17)10-2-5-12(19)6-3-10/h2-9H,1H3,(H2,20,21,22,23). The second-order valence-electron chi connectivity index (χ2n) is 4.97. The number of methoxy groups -OCH3 is 1. The van der Waals surface area contributed by atoms with Gasteiger partial charge in [0, 0.05) is 16.0 Å². The quantitative estimate of drug-likeness (QED) is 0.652. The van der Waals surface area contributed by atoms with Gasteiger partial charge in [-0.05, 0) is 42.5 Å². The third-order valence-electron chi connectivity index (χ3n) is 3.27. The van der Waals surface area contributed by atoms with E-state index in [0.29, 0.717) is 27.3 Å². The van der Waals surface area contributed by atoms with Crippen molar-refractivity contribution in [1.82, 2.24) is 4.98 Å². The van der Waals surface area contributed by atoms with Gasteiger partial charge in [0.15, 0.2) is 5.13 Å². The number of rotatable bonds is 4. The molecule has 25 heavy (non-hydrogen) atoms. The van der Waals surface area contributed by atoms with Crippen LogP contribution in [0.4, 0.5) is 20.0 Å². The molecule has 0 aliphatic carbocycles. The lowest BCUT2D eigenvalue weighted by Gasteiger charge is -2.10. The van der Waals surface area contributed by atoms with Crippen LogP contribution >= 0.6 is 22.9 Å². The molecule has 0 unspecified atom stereocenters. The molecule has 0 saturated heterocycles. The van der Waals surface area contributed by atoms with Crippen molar-refractivity contribution in [1.29, 1.82) is 0 Å². The summed E-state index contributed by atoms with van der Waals surface area (Å²) < 4.78 is 18.2.